The third-order valence-corrected chi connectivity index (χ3v) is 7.95. The van der Waals surface area contributed by atoms with Crippen LogP contribution in [0.2, 0.25) is 0 Å². The second kappa shape index (κ2) is 8.68. The lowest BCUT2D eigenvalue weighted by Gasteiger charge is -2.48. The lowest BCUT2D eigenvalue weighted by atomic mass is 9.63. The van der Waals surface area contributed by atoms with Crippen molar-refractivity contribution >= 4 is 16.9 Å². The maximum Gasteiger partial charge on any atom is 0.244 e. The van der Waals surface area contributed by atoms with Crippen LogP contribution in [-0.2, 0) is 10.3 Å². The van der Waals surface area contributed by atoms with Crippen molar-refractivity contribution < 1.29 is 4.79 Å². The Labute approximate surface area is 190 Å². The van der Waals surface area contributed by atoms with Crippen LogP contribution in [0.15, 0.2) is 42.6 Å². The van der Waals surface area contributed by atoms with Gasteiger partial charge in [0.1, 0.15) is 11.4 Å². The van der Waals surface area contributed by atoms with E-state index in [4.69, 9.17) is 10.7 Å². The van der Waals surface area contributed by atoms with Crippen molar-refractivity contribution in [3.63, 3.8) is 0 Å². The maximum atomic E-state index is 13.8. The van der Waals surface area contributed by atoms with Crippen molar-refractivity contribution in [3.8, 4) is 11.4 Å². The van der Waals surface area contributed by atoms with Crippen molar-refractivity contribution in [3.05, 3.63) is 48.3 Å². The van der Waals surface area contributed by atoms with E-state index in [0.717, 1.165) is 53.8 Å². The van der Waals surface area contributed by atoms with Gasteiger partial charge in [-0.25, -0.2) is 4.98 Å². The highest BCUT2D eigenvalue weighted by Gasteiger charge is 2.53. The van der Waals surface area contributed by atoms with Crippen LogP contribution < -0.4 is 5.73 Å². The number of benzene rings is 1. The number of hydrogen-bond acceptors (Lipinski definition) is 3. The molecule has 1 aromatic carbocycles. The average Bonchev–Trinajstić information content (AvgIpc) is 3.21. The predicted octanol–water partition coefficient (Wildman–Crippen LogP) is 5.75. The summed E-state index contributed by atoms with van der Waals surface area (Å²) in [5, 5.41) is 0. The van der Waals surface area contributed by atoms with Crippen molar-refractivity contribution in [2.75, 3.05) is 0 Å². The van der Waals surface area contributed by atoms with E-state index in [1.54, 1.807) is 0 Å². The number of nitrogens with zero attached hydrogens (tertiary/aromatic N) is 3. The summed E-state index contributed by atoms with van der Waals surface area (Å²) in [4.78, 5) is 23.4. The van der Waals surface area contributed by atoms with Crippen molar-refractivity contribution in [1.29, 1.82) is 0 Å². The molecule has 0 radical (unpaired) electrons. The van der Waals surface area contributed by atoms with E-state index in [1.807, 2.05) is 37.4 Å². The van der Waals surface area contributed by atoms with Gasteiger partial charge in [0, 0.05) is 17.5 Å². The zero-order valence-electron chi connectivity index (χ0n) is 19.1. The number of carbonyl (C=O) groups is 1. The fourth-order valence-electron chi connectivity index (χ4n) is 6.49. The molecule has 2 aromatic heterocycles. The molecule has 0 aliphatic heterocycles. The number of imidazole rings is 1. The Morgan fingerprint density at radius 1 is 0.938 bits per heavy atom. The normalized spacial score (nSPS) is 18.8. The van der Waals surface area contributed by atoms with Gasteiger partial charge in [0.05, 0.1) is 11.0 Å². The molecule has 2 aliphatic rings. The van der Waals surface area contributed by atoms with Gasteiger partial charge in [0.2, 0.25) is 5.91 Å². The SMILES string of the molecule is Cc1ccc(-c2nc3ccccc3n2C(C(N)=O)(C2CCCCC2)C2CCCCC2)cn1. The molecule has 3 aromatic rings. The largest absolute Gasteiger partial charge is 0.368 e. The fraction of sp³-hybridized carbons (Fsp3) is 0.519. The second-order valence-corrected chi connectivity index (χ2v) is 9.81. The third-order valence-electron chi connectivity index (χ3n) is 7.95. The molecule has 2 N–H and O–H groups in total. The Morgan fingerprint density at radius 3 is 2.12 bits per heavy atom. The van der Waals surface area contributed by atoms with Gasteiger partial charge in [-0.1, -0.05) is 50.7 Å². The highest BCUT2D eigenvalue weighted by atomic mass is 16.1. The average molecular weight is 431 g/mol. The number of pyridine rings is 1. The highest BCUT2D eigenvalue weighted by Crippen LogP contribution is 2.50. The second-order valence-electron chi connectivity index (χ2n) is 9.81. The Kier molecular flexibility index (Phi) is 5.75. The Bertz CT molecular complexity index is 1070. The number of fused-ring (bicyclic) bond motifs is 1. The van der Waals surface area contributed by atoms with Crippen LogP contribution in [0.1, 0.15) is 69.9 Å². The first kappa shape index (κ1) is 21.2. The van der Waals surface area contributed by atoms with E-state index in [2.05, 4.69) is 21.7 Å². The smallest absolute Gasteiger partial charge is 0.244 e. The molecule has 5 rings (SSSR count). The van der Waals surface area contributed by atoms with Crippen molar-refractivity contribution in [2.24, 2.45) is 17.6 Å². The summed E-state index contributed by atoms with van der Waals surface area (Å²) in [5.74, 6) is 1.13. The summed E-state index contributed by atoms with van der Waals surface area (Å²) in [6, 6.07) is 12.3. The van der Waals surface area contributed by atoms with Crippen molar-refractivity contribution in [2.45, 2.75) is 76.7 Å². The number of primary amides is 1. The molecular formula is C27H34N4O. The standard InChI is InChI=1S/C27H34N4O/c1-19-16-17-20(18-29-19)25-30-23-14-8-9-15-24(23)31(25)27(26(28)32,21-10-4-2-5-11-21)22-12-6-3-7-13-22/h8-9,14-18,21-22H,2-7,10-13H2,1H3,(H2,28,32). The number of aryl methyl sites for hydroxylation is 1. The van der Waals surface area contributed by atoms with E-state index in [-0.39, 0.29) is 17.7 Å². The molecule has 2 saturated carbocycles. The zero-order chi connectivity index (χ0) is 22.1. The van der Waals surface area contributed by atoms with Gasteiger partial charge in [-0.2, -0.15) is 0 Å². The van der Waals surface area contributed by atoms with E-state index < -0.39 is 5.54 Å². The number of nitrogens with two attached hydrogens (primary N) is 1. The van der Waals surface area contributed by atoms with Crippen LogP contribution in [0.5, 0.6) is 0 Å². The van der Waals surface area contributed by atoms with Gasteiger partial charge in [-0.3, -0.25) is 9.78 Å². The number of rotatable bonds is 5. The van der Waals surface area contributed by atoms with E-state index >= 15 is 0 Å². The molecule has 2 aliphatic carbocycles. The molecule has 0 unspecified atom stereocenters. The van der Waals surface area contributed by atoms with Gasteiger partial charge in [-0.05, 0) is 68.7 Å². The minimum Gasteiger partial charge on any atom is -0.368 e. The van der Waals surface area contributed by atoms with Crippen LogP contribution in [0.3, 0.4) is 0 Å². The molecule has 0 spiro atoms. The molecule has 0 saturated heterocycles. The van der Waals surface area contributed by atoms with Gasteiger partial charge in [0.15, 0.2) is 0 Å². The predicted molar refractivity (Wildman–Crippen MR) is 128 cm³/mol. The summed E-state index contributed by atoms with van der Waals surface area (Å²) in [6.45, 7) is 1.99. The Morgan fingerprint density at radius 2 is 1.56 bits per heavy atom. The molecule has 2 heterocycles. The molecule has 2 fully saturated rings. The van der Waals surface area contributed by atoms with Crippen LogP contribution in [-0.4, -0.2) is 20.4 Å². The minimum absolute atomic E-state index is 0.180. The van der Waals surface area contributed by atoms with E-state index in [0.29, 0.717) is 0 Å². The maximum absolute atomic E-state index is 13.8. The lowest BCUT2D eigenvalue weighted by molar-refractivity contribution is -0.135. The highest BCUT2D eigenvalue weighted by molar-refractivity contribution is 5.89. The van der Waals surface area contributed by atoms with Crippen LogP contribution in [0, 0.1) is 18.8 Å². The Balaban J connectivity index is 1.82. The van der Waals surface area contributed by atoms with Gasteiger partial charge >= 0.3 is 0 Å². The number of aromatic nitrogens is 3. The molecule has 5 nitrogen and oxygen atoms in total. The van der Waals surface area contributed by atoms with Gasteiger partial charge in [0.25, 0.3) is 0 Å². The summed E-state index contributed by atoms with van der Waals surface area (Å²) in [7, 11) is 0. The van der Waals surface area contributed by atoms with Gasteiger partial charge < -0.3 is 10.3 Å². The van der Waals surface area contributed by atoms with Gasteiger partial charge in [-0.15, -0.1) is 0 Å². The minimum atomic E-state index is -0.753. The van der Waals surface area contributed by atoms with Crippen LogP contribution in [0.4, 0.5) is 0 Å². The number of carbonyl (C=O) groups excluding carboxylic acids is 1. The fourth-order valence-corrected chi connectivity index (χ4v) is 6.49. The zero-order valence-corrected chi connectivity index (χ0v) is 19.1. The number of para-hydroxylation sites is 2. The molecule has 168 valence electrons. The molecule has 5 heteroatoms. The third kappa shape index (κ3) is 3.42. The van der Waals surface area contributed by atoms with E-state index in [9.17, 15) is 4.79 Å². The summed E-state index contributed by atoms with van der Waals surface area (Å²) < 4.78 is 2.27. The molecule has 1 amide bonds. The molecular weight excluding hydrogens is 396 g/mol. The monoisotopic (exact) mass is 430 g/mol. The summed E-state index contributed by atoms with van der Waals surface area (Å²) in [5.41, 5.74) is 9.58. The number of hydrogen-bond donors (Lipinski definition) is 1. The first-order valence-electron chi connectivity index (χ1n) is 12.3. The van der Waals surface area contributed by atoms with Crippen LogP contribution in [0.25, 0.3) is 22.4 Å². The lowest BCUT2D eigenvalue weighted by Crippen LogP contribution is -2.58. The van der Waals surface area contributed by atoms with Crippen LogP contribution >= 0.6 is 0 Å². The molecule has 0 atom stereocenters. The summed E-state index contributed by atoms with van der Waals surface area (Å²) in [6.07, 6.45) is 13.3. The number of amides is 1. The first-order valence-corrected chi connectivity index (χ1v) is 12.3. The first-order chi connectivity index (χ1) is 15.6. The van der Waals surface area contributed by atoms with Crippen molar-refractivity contribution in [1.82, 2.24) is 14.5 Å². The molecule has 0 bridgehead atoms. The van der Waals surface area contributed by atoms with E-state index in [1.165, 1.54) is 38.5 Å². The quantitative estimate of drug-likeness (QED) is 0.560. The summed E-state index contributed by atoms with van der Waals surface area (Å²) >= 11 is 0. The Hall–Kier alpha value is -2.69. The topological polar surface area (TPSA) is 73.8 Å². The molecule has 32 heavy (non-hydrogen) atoms.